The van der Waals surface area contributed by atoms with Gasteiger partial charge in [-0.3, -0.25) is 0 Å². The molecule has 18 heavy (non-hydrogen) atoms. The minimum absolute atomic E-state index is 0.0693. The third kappa shape index (κ3) is 2.69. The first-order valence-corrected chi connectivity index (χ1v) is 6.09. The second-order valence-corrected chi connectivity index (χ2v) is 4.65. The summed E-state index contributed by atoms with van der Waals surface area (Å²) in [4.78, 5) is 26.1. The maximum Gasteiger partial charge on any atom is 0.319 e. The van der Waals surface area contributed by atoms with Crippen molar-refractivity contribution >= 4 is 12.0 Å². The van der Waals surface area contributed by atoms with Gasteiger partial charge in [0, 0.05) is 52.2 Å². The summed E-state index contributed by atoms with van der Waals surface area (Å²) in [5, 5.41) is 0. The average molecular weight is 249 g/mol. The van der Waals surface area contributed by atoms with E-state index in [4.69, 9.17) is 0 Å². The molecule has 6 nitrogen and oxygen atoms in total. The average Bonchev–Trinajstić information content (AvgIpc) is 2.38. The number of anilines is 1. The molecule has 1 aromatic rings. The van der Waals surface area contributed by atoms with E-state index in [1.165, 1.54) is 0 Å². The molecule has 2 rings (SSSR count). The van der Waals surface area contributed by atoms with Crippen LogP contribution in [0.3, 0.4) is 0 Å². The molecule has 0 atom stereocenters. The van der Waals surface area contributed by atoms with Crippen molar-refractivity contribution in [1.82, 2.24) is 19.8 Å². The predicted molar refractivity (Wildman–Crippen MR) is 69.6 cm³/mol. The lowest BCUT2D eigenvalue weighted by molar-refractivity contribution is 0.167. The minimum Gasteiger partial charge on any atom is -0.337 e. The Hall–Kier alpha value is -1.85. The Labute approximate surface area is 107 Å². The van der Waals surface area contributed by atoms with Gasteiger partial charge in [-0.25, -0.2) is 14.8 Å². The first-order chi connectivity index (χ1) is 8.58. The molecule has 98 valence electrons. The number of carbonyl (C=O) groups excluding carboxylic acids is 1. The molecule has 0 N–H and O–H groups in total. The lowest BCUT2D eigenvalue weighted by Gasteiger charge is -2.35. The third-order valence-electron chi connectivity index (χ3n) is 3.00. The SMILES string of the molecule is Cc1ccnc(N2CCN(C(=O)N(C)C)CC2)n1. The molecule has 2 heterocycles. The number of urea groups is 1. The molecule has 0 aromatic carbocycles. The highest BCUT2D eigenvalue weighted by Crippen LogP contribution is 2.11. The first-order valence-electron chi connectivity index (χ1n) is 6.09. The fraction of sp³-hybridized carbons (Fsp3) is 0.583. The molecule has 0 radical (unpaired) electrons. The highest BCUT2D eigenvalue weighted by Gasteiger charge is 2.23. The Balaban J connectivity index is 1.96. The highest BCUT2D eigenvalue weighted by molar-refractivity contribution is 5.74. The van der Waals surface area contributed by atoms with Gasteiger partial charge in [-0.2, -0.15) is 0 Å². The van der Waals surface area contributed by atoms with Crippen molar-refractivity contribution in [3.63, 3.8) is 0 Å². The van der Waals surface area contributed by atoms with Gasteiger partial charge < -0.3 is 14.7 Å². The maximum atomic E-state index is 11.8. The number of amides is 2. The zero-order valence-corrected chi connectivity index (χ0v) is 11.1. The van der Waals surface area contributed by atoms with E-state index < -0.39 is 0 Å². The Kier molecular flexibility index (Phi) is 3.64. The van der Waals surface area contributed by atoms with Gasteiger partial charge >= 0.3 is 6.03 Å². The van der Waals surface area contributed by atoms with E-state index >= 15 is 0 Å². The van der Waals surface area contributed by atoms with Crippen molar-refractivity contribution in [2.24, 2.45) is 0 Å². The normalized spacial score (nSPS) is 15.7. The molecular weight excluding hydrogens is 230 g/mol. The number of hydrogen-bond donors (Lipinski definition) is 0. The molecule has 0 spiro atoms. The number of hydrogen-bond acceptors (Lipinski definition) is 4. The topological polar surface area (TPSA) is 52.6 Å². The number of rotatable bonds is 1. The maximum absolute atomic E-state index is 11.8. The molecule has 0 aliphatic carbocycles. The monoisotopic (exact) mass is 249 g/mol. The van der Waals surface area contributed by atoms with E-state index in [1.54, 1.807) is 25.2 Å². The number of aromatic nitrogens is 2. The van der Waals surface area contributed by atoms with Gasteiger partial charge in [0.15, 0.2) is 0 Å². The largest absolute Gasteiger partial charge is 0.337 e. The van der Waals surface area contributed by atoms with Gasteiger partial charge in [0.2, 0.25) is 5.95 Å². The Morgan fingerprint density at radius 1 is 1.28 bits per heavy atom. The van der Waals surface area contributed by atoms with Crippen LogP contribution in [0.15, 0.2) is 12.3 Å². The Bertz CT molecular complexity index is 426. The van der Waals surface area contributed by atoms with Gasteiger partial charge in [0.05, 0.1) is 0 Å². The third-order valence-corrected chi connectivity index (χ3v) is 3.00. The van der Waals surface area contributed by atoms with Crippen LogP contribution in [0.25, 0.3) is 0 Å². The summed E-state index contributed by atoms with van der Waals surface area (Å²) < 4.78 is 0. The highest BCUT2D eigenvalue weighted by atomic mass is 16.2. The summed E-state index contributed by atoms with van der Waals surface area (Å²) in [6, 6.07) is 1.95. The molecule has 1 aromatic heterocycles. The fourth-order valence-corrected chi connectivity index (χ4v) is 1.97. The van der Waals surface area contributed by atoms with E-state index in [0.717, 1.165) is 24.7 Å². The van der Waals surface area contributed by atoms with E-state index in [9.17, 15) is 4.79 Å². The Morgan fingerprint density at radius 3 is 2.50 bits per heavy atom. The van der Waals surface area contributed by atoms with Crippen molar-refractivity contribution in [3.05, 3.63) is 18.0 Å². The van der Waals surface area contributed by atoms with E-state index in [0.29, 0.717) is 13.1 Å². The van der Waals surface area contributed by atoms with Crippen LogP contribution in [0, 0.1) is 6.92 Å². The van der Waals surface area contributed by atoms with Gasteiger partial charge in [0.1, 0.15) is 0 Å². The predicted octanol–water partition coefficient (Wildman–Crippen LogP) is 0.589. The number of nitrogens with zero attached hydrogens (tertiary/aromatic N) is 5. The van der Waals surface area contributed by atoms with Crippen molar-refractivity contribution in [3.8, 4) is 0 Å². The van der Waals surface area contributed by atoms with Crippen LogP contribution in [-0.2, 0) is 0 Å². The van der Waals surface area contributed by atoms with Crippen LogP contribution in [0.5, 0.6) is 0 Å². The molecule has 0 unspecified atom stereocenters. The molecular formula is C12H19N5O. The molecule has 1 aliphatic heterocycles. The van der Waals surface area contributed by atoms with Crippen molar-refractivity contribution in [2.75, 3.05) is 45.2 Å². The van der Waals surface area contributed by atoms with Gasteiger partial charge in [-0.05, 0) is 13.0 Å². The molecule has 6 heteroatoms. The summed E-state index contributed by atoms with van der Waals surface area (Å²) >= 11 is 0. The first kappa shape index (κ1) is 12.6. The van der Waals surface area contributed by atoms with Crippen LogP contribution < -0.4 is 4.90 Å². The number of piperazine rings is 1. The molecule has 0 bridgehead atoms. The summed E-state index contributed by atoms with van der Waals surface area (Å²) in [6.45, 7) is 4.95. The van der Waals surface area contributed by atoms with Crippen LogP contribution in [0.2, 0.25) is 0 Å². The zero-order chi connectivity index (χ0) is 13.1. The zero-order valence-electron chi connectivity index (χ0n) is 11.1. The molecule has 1 aliphatic rings. The van der Waals surface area contributed by atoms with Gasteiger partial charge in [0.25, 0.3) is 0 Å². The van der Waals surface area contributed by atoms with Crippen molar-refractivity contribution in [1.29, 1.82) is 0 Å². The van der Waals surface area contributed by atoms with Crippen LogP contribution in [0.1, 0.15) is 5.69 Å². The summed E-state index contributed by atoms with van der Waals surface area (Å²) in [5.41, 5.74) is 0.965. The molecule has 0 saturated carbocycles. The van der Waals surface area contributed by atoms with E-state index in [2.05, 4.69) is 14.9 Å². The van der Waals surface area contributed by atoms with Crippen LogP contribution >= 0.6 is 0 Å². The van der Waals surface area contributed by atoms with Gasteiger partial charge in [-0.1, -0.05) is 0 Å². The number of aryl methyl sites for hydroxylation is 1. The number of carbonyl (C=O) groups is 1. The van der Waals surface area contributed by atoms with Crippen molar-refractivity contribution in [2.45, 2.75) is 6.92 Å². The summed E-state index contributed by atoms with van der Waals surface area (Å²) in [7, 11) is 3.55. The smallest absolute Gasteiger partial charge is 0.319 e. The van der Waals surface area contributed by atoms with E-state index in [1.807, 2.05) is 17.9 Å². The lowest BCUT2D eigenvalue weighted by atomic mass is 10.3. The van der Waals surface area contributed by atoms with Crippen molar-refractivity contribution < 1.29 is 4.79 Å². The second kappa shape index (κ2) is 5.20. The quantitative estimate of drug-likeness (QED) is 0.731. The van der Waals surface area contributed by atoms with Crippen LogP contribution in [0.4, 0.5) is 10.7 Å². The Morgan fingerprint density at radius 2 is 1.94 bits per heavy atom. The molecule has 1 fully saturated rings. The second-order valence-electron chi connectivity index (χ2n) is 4.65. The minimum atomic E-state index is 0.0693. The summed E-state index contributed by atoms with van der Waals surface area (Å²) in [5.74, 6) is 0.756. The van der Waals surface area contributed by atoms with Crippen LogP contribution in [-0.4, -0.2) is 66.1 Å². The molecule has 2 amide bonds. The lowest BCUT2D eigenvalue weighted by Crippen LogP contribution is -2.51. The van der Waals surface area contributed by atoms with Gasteiger partial charge in [-0.15, -0.1) is 0 Å². The molecule has 1 saturated heterocycles. The summed E-state index contributed by atoms with van der Waals surface area (Å²) in [6.07, 6.45) is 1.77. The van der Waals surface area contributed by atoms with E-state index in [-0.39, 0.29) is 6.03 Å². The fourth-order valence-electron chi connectivity index (χ4n) is 1.97. The standard InChI is InChI=1S/C12H19N5O/c1-10-4-5-13-11(14-10)16-6-8-17(9-7-16)12(18)15(2)3/h4-5H,6-9H2,1-3H3.